The summed E-state index contributed by atoms with van der Waals surface area (Å²) in [6.07, 6.45) is 4.18. The molecule has 2 amide bonds. The molecule has 0 aliphatic carbocycles. The van der Waals surface area contributed by atoms with E-state index in [0.717, 1.165) is 25.0 Å². The Morgan fingerprint density at radius 3 is 2.77 bits per heavy atom. The first-order valence-corrected chi connectivity index (χ1v) is 8.08. The van der Waals surface area contributed by atoms with Gasteiger partial charge >= 0.3 is 6.03 Å². The average Bonchev–Trinajstić information content (AvgIpc) is 2.55. The average molecular weight is 308 g/mol. The van der Waals surface area contributed by atoms with Gasteiger partial charge in [-0.1, -0.05) is 12.1 Å². The molecule has 1 aromatic carbocycles. The first kappa shape index (κ1) is 16.7. The van der Waals surface area contributed by atoms with Crippen molar-refractivity contribution in [3.63, 3.8) is 0 Å². The number of halogens is 1. The number of rotatable bonds is 6. The van der Waals surface area contributed by atoms with E-state index in [1.165, 1.54) is 18.6 Å². The minimum absolute atomic E-state index is 0.0567. The molecule has 1 N–H and O–H groups in total. The Kier molecular flexibility index (Phi) is 6.65. The number of hydrogen-bond acceptors (Lipinski definition) is 2. The Labute approximate surface area is 131 Å². The fourth-order valence-electron chi connectivity index (χ4n) is 2.63. The lowest BCUT2D eigenvalue weighted by atomic mass is 10.1. The Morgan fingerprint density at radius 2 is 2.14 bits per heavy atom. The SMILES string of the molecule is CCN(CC1CCCCO1)C(=O)NCCc1ccc(F)cc1. The monoisotopic (exact) mass is 308 g/mol. The van der Waals surface area contributed by atoms with E-state index >= 15 is 0 Å². The number of carbonyl (C=O) groups is 1. The largest absolute Gasteiger partial charge is 0.376 e. The van der Waals surface area contributed by atoms with Crippen molar-refractivity contribution in [2.75, 3.05) is 26.2 Å². The summed E-state index contributed by atoms with van der Waals surface area (Å²) in [6.45, 7) is 4.64. The molecule has 0 aromatic heterocycles. The molecule has 0 bridgehead atoms. The molecule has 1 fully saturated rings. The third-order valence-corrected chi connectivity index (χ3v) is 3.97. The van der Waals surface area contributed by atoms with Crippen molar-refractivity contribution in [1.29, 1.82) is 0 Å². The second-order valence-electron chi connectivity index (χ2n) is 5.64. The summed E-state index contributed by atoms with van der Waals surface area (Å²) in [5.41, 5.74) is 1.01. The Hall–Kier alpha value is -1.62. The van der Waals surface area contributed by atoms with Crippen LogP contribution in [-0.4, -0.2) is 43.3 Å². The molecule has 4 nitrogen and oxygen atoms in total. The summed E-state index contributed by atoms with van der Waals surface area (Å²) in [5.74, 6) is -0.238. The number of likely N-dealkylation sites (N-methyl/N-ethyl adjacent to an activating group) is 1. The van der Waals surface area contributed by atoms with E-state index in [0.29, 0.717) is 26.1 Å². The van der Waals surface area contributed by atoms with Crippen LogP contribution < -0.4 is 5.32 Å². The number of amides is 2. The van der Waals surface area contributed by atoms with Crippen LogP contribution in [0.15, 0.2) is 24.3 Å². The number of hydrogen-bond donors (Lipinski definition) is 1. The van der Waals surface area contributed by atoms with Crippen LogP contribution in [-0.2, 0) is 11.2 Å². The predicted octanol–water partition coefficient (Wildman–Crippen LogP) is 2.97. The van der Waals surface area contributed by atoms with Crippen molar-refractivity contribution in [2.45, 2.75) is 38.7 Å². The maximum Gasteiger partial charge on any atom is 0.317 e. The van der Waals surface area contributed by atoms with Gasteiger partial charge in [-0.2, -0.15) is 0 Å². The van der Waals surface area contributed by atoms with E-state index in [1.54, 1.807) is 17.0 Å². The number of benzene rings is 1. The van der Waals surface area contributed by atoms with Gasteiger partial charge in [0.25, 0.3) is 0 Å². The van der Waals surface area contributed by atoms with E-state index in [9.17, 15) is 9.18 Å². The first-order chi connectivity index (χ1) is 10.7. The Morgan fingerprint density at radius 1 is 1.36 bits per heavy atom. The van der Waals surface area contributed by atoms with E-state index in [1.807, 2.05) is 6.92 Å². The number of urea groups is 1. The molecule has 0 spiro atoms. The topological polar surface area (TPSA) is 41.6 Å². The van der Waals surface area contributed by atoms with Gasteiger partial charge in [0.15, 0.2) is 0 Å². The molecule has 1 aliphatic rings. The summed E-state index contributed by atoms with van der Waals surface area (Å²) >= 11 is 0. The van der Waals surface area contributed by atoms with Crippen LogP contribution in [0.1, 0.15) is 31.7 Å². The van der Waals surface area contributed by atoms with Gasteiger partial charge in [-0.3, -0.25) is 0 Å². The van der Waals surface area contributed by atoms with E-state index in [-0.39, 0.29) is 18.0 Å². The molecule has 22 heavy (non-hydrogen) atoms. The zero-order valence-corrected chi connectivity index (χ0v) is 13.2. The molecule has 122 valence electrons. The van der Waals surface area contributed by atoms with E-state index in [2.05, 4.69) is 5.32 Å². The third-order valence-electron chi connectivity index (χ3n) is 3.97. The lowest BCUT2D eigenvalue weighted by molar-refractivity contribution is 0.00136. The second-order valence-corrected chi connectivity index (χ2v) is 5.64. The number of carbonyl (C=O) groups excluding carboxylic acids is 1. The molecule has 5 heteroatoms. The molecule has 0 radical (unpaired) electrons. The zero-order chi connectivity index (χ0) is 15.8. The number of ether oxygens (including phenoxy) is 1. The standard InChI is InChI=1S/C17H25FN2O2/c1-2-20(13-16-5-3-4-12-22-16)17(21)19-11-10-14-6-8-15(18)9-7-14/h6-9,16H,2-5,10-13H2,1H3,(H,19,21). The summed E-state index contributed by atoms with van der Waals surface area (Å²) in [5, 5.41) is 2.92. The van der Waals surface area contributed by atoms with Crippen LogP contribution in [0.3, 0.4) is 0 Å². The first-order valence-electron chi connectivity index (χ1n) is 8.08. The highest BCUT2D eigenvalue weighted by Gasteiger charge is 2.20. The van der Waals surface area contributed by atoms with Crippen molar-refractivity contribution in [1.82, 2.24) is 10.2 Å². The molecule has 1 atom stereocenters. The van der Waals surface area contributed by atoms with Crippen LogP contribution in [0.4, 0.5) is 9.18 Å². The number of nitrogens with zero attached hydrogens (tertiary/aromatic N) is 1. The summed E-state index contributed by atoms with van der Waals surface area (Å²) in [7, 11) is 0. The van der Waals surface area contributed by atoms with Crippen LogP contribution in [0.25, 0.3) is 0 Å². The van der Waals surface area contributed by atoms with Crippen LogP contribution in [0, 0.1) is 5.82 Å². The quantitative estimate of drug-likeness (QED) is 0.878. The number of nitrogens with one attached hydrogen (secondary N) is 1. The highest BCUT2D eigenvalue weighted by molar-refractivity contribution is 5.74. The smallest absolute Gasteiger partial charge is 0.317 e. The van der Waals surface area contributed by atoms with Gasteiger partial charge in [-0.15, -0.1) is 0 Å². The molecule has 1 unspecified atom stereocenters. The zero-order valence-electron chi connectivity index (χ0n) is 13.2. The van der Waals surface area contributed by atoms with E-state index in [4.69, 9.17) is 4.74 Å². The maximum absolute atomic E-state index is 12.8. The van der Waals surface area contributed by atoms with E-state index < -0.39 is 0 Å². The summed E-state index contributed by atoms with van der Waals surface area (Å²) in [6, 6.07) is 6.31. The van der Waals surface area contributed by atoms with Gasteiger partial charge in [0.1, 0.15) is 5.82 Å². The van der Waals surface area contributed by atoms with Gasteiger partial charge in [0, 0.05) is 26.2 Å². The highest BCUT2D eigenvalue weighted by Crippen LogP contribution is 2.13. The predicted molar refractivity (Wildman–Crippen MR) is 84.3 cm³/mol. The van der Waals surface area contributed by atoms with Crippen molar-refractivity contribution in [2.24, 2.45) is 0 Å². The molecular formula is C17H25FN2O2. The minimum Gasteiger partial charge on any atom is -0.376 e. The van der Waals surface area contributed by atoms with Gasteiger partial charge in [-0.25, -0.2) is 9.18 Å². The summed E-state index contributed by atoms with van der Waals surface area (Å²) in [4.78, 5) is 14.0. The second kappa shape index (κ2) is 8.73. The Bertz CT molecular complexity index is 458. The Balaban J connectivity index is 1.72. The van der Waals surface area contributed by atoms with Crippen LogP contribution in [0.2, 0.25) is 0 Å². The molecule has 1 aromatic rings. The van der Waals surface area contributed by atoms with Crippen molar-refractivity contribution in [3.05, 3.63) is 35.6 Å². The van der Waals surface area contributed by atoms with Crippen LogP contribution >= 0.6 is 0 Å². The fourth-order valence-corrected chi connectivity index (χ4v) is 2.63. The van der Waals surface area contributed by atoms with Crippen molar-refractivity contribution < 1.29 is 13.9 Å². The van der Waals surface area contributed by atoms with Gasteiger partial charge in [0.05, 0.1) is 6.10 Å². The van der Waals surface area contributed by atoms with Gasteiger partial charge < -0.3 is 15.0 Å². The molecule has 1 aliphatic heterocycles. The maximum atomic E-state index is 12.8. The van der Waals surface area contributed by atoms with Crippen molar-refractivity contribution in [3.8, 4) is 0 Å². The molecule has 0 saturated carbocycles. The summed E-state index contributed by atoms with van der Waals surface area (Å²) < 4.78 is 18.5. The molecular weight excluding hydrogens is 283 g/mol. The minimum atomic E-state index is -0.238. The fraction of sp³-hybridized carbons (Fsp3) is 0.588. The lowest BCUT2D eigenvalue weighted by Gasteiger charge is -2.29. The van der Waals surface area contributed by atoms with Gasteiger partial charge in [-0.05, 0) is 50.3 Å². The van der Waals surface area contributed by atoms with Crippen LogP contribution in [0.5, 0.6) is 0 Å². The normalized spacial score (nSPS) is 18.0. The van der Waals surface area contributed by atoms with Crippen molar-refractivity contribution >= 4 is 6.03 Å². The molecule has 2 rings (SSSR count). The molecule has 1 saturated heterocycles. The van der Waals surface area contributed by atoms with Gasteiger partial charge in [0.2, 0.25) is 0 Å². The lowest BCUT2D eigenvalue weighted by Crippen LogP contribution is -2.45. The highest BCUT2D eigenvalue weighted by atomic mass is 19.1. The third kappa shape index (κ3) is 5.30. The molecule has 1 heterocycles.